The Labute approximate surface area is 103 Å². The van der Waals surface area contributed by atoms with Crippen molar-refractivity contribution in [3.05, 3.63) is 36.5 Å². The zero-order valence-electron chi connectivity index (χ0n) is 10.7. The van der Waals surface area contributed by atoms with Gasteiger partial charge in [-0.3, -0.25) is 0 Å². The first-order valence-electron chi connectivity index (χ1n) is 6.01. The molecule has 3 nitrogen and oxygen atoms in total. The van der Waals surface area contributed by atoms with Crippen molar-refractivity contribution in [1.82, 2.24) is 0 Å². The van der Waals surface area contributed by atoms with Crippen LogP contribution >= 0.6 is 0 Å². The molecule has 0 spiro atoms. The maximum absolute atomic E-state index is 6.01. The third-order valence-electron chi connectivity index (χ3n) is 2.88. The standard InChI is InChI=1S/C14H20O3/c1-4-5-10-15-11-14-9-7-6-8-12(14)16-13(2,3)17-14/h4-9,12H,10-11H2,1-3H3/t12-,14-/m1/s1. The van der Waals surface area contributed by atoms with Gasteiger partial charge in [0.2, 0.25) is 0 Å². The zero-order chi connectivity index (χ0) is 12.4. The summed E-state index contributed by atoms with van der Waals surface area (Å²) < 4.78 is 17.5. The lowest BCUT2D eigenvalue weighted by Gasteiger charge is -2.29. The fourth-order valence-corrected chi connectivity index (χ4v) is 2.20. The first-order chi connectivity index (χ1) is 8.08. The summed E-state index contributed by atoms with van der Waals surface area (Å²) in [5.74, 6) is -0.562. The Morgan fingerprint density at radius 3 is 2.94 bits per heavy atom. The lowest BCUT2D eigenvalue weighted by molar-refractivity contribution is -0.161. The molecule has 1 saturated heterocycles. The molecule has 0 radical (unpaired) electrons. The Morgan fingerprint density at radius 1 is 1.35 bits per heavy atom. The van der Waals surface area contributed by atoms with E-state index in [9.17, 15) is 0 Å². The molecule has 1 aliphatic heterocycles. The van der Waals surface area contributed by atoms with Crippen molar-refractivity contribution in [2.24, 2.45) is 0 Å². The van der Waals surface area contributed by atoms with Crippen molar-refractivity contribution < 1.29 is 14.2 Å². The Bertz CT molecular complexity index is 354. The van der Waals surface area contributed by atoms with Crippen LogP contribution in [-0.2, 0) is 14.2 Å². The maximum atomic E-state index is 6.01. The van der Waals surface area contributed by atoms with E-state index in [0.717, 1.165) is 0 Å². The molecule has 0 aromatic carbocycles. The van der Waals surface area contributed by atoms with Gasteiger partial charge in [0.25, 0.3) is 0 Å². The van der Waals surface area contributed by atoms with Crippen LogP contribution in [-0.4, -0.2) is 30.7 Å². The first kappa shape index (κ1) is 12.6. The van der Waals surface area contributed by atoms with Gasteiger partial charge >= 0.3 is 0 Å². The monoisotopic (exact) mass is 236 g/mol. The predicted octanol–water partition coefficient (Wildman–Crippen LogP) is 2.60. The molecule has 0 aromatic rings. The van der Waals surface area contributed by atoms with Gasteiger partial charge in [0.1, 0.15) is 11.7 Å². The molecule has 2 atom stereocenters. The number of rotatable bonds is 4. The normalized spacial score (nSPS) is 34.4. The number of hydrogen-bond donors (Lipinski definition) is 0. The second-order valence-electron chi connectivity index (χ2n) is 4.82. The van der Waals surface area contributed by atoms with Crippen LogP contribution in [0.15, 0.2) is 36.5 Å². The molecule has 0 amide bonds. The van der Waals surface area contributed by atoms with Crippen LogP contribution in [0.4, 0.5) is 0 Å². The lowest BCUT2D eigenvalue weighted by atomic mass is 9.93. The fourth-order valence-electron chi connectivity index (χ4n) is 2.20. The Kier molecular flexibility index (Phi) is 3.52. The van der Waals surface area contributed by atoms with Crippen LogP contribution in [0, 0.1) is 0 Å². The highest BCUT2D eigenvalue weighted by Gasteiger charge is 2.51. The molecule has 2 rings (SSSR count). The van der Waals surface area contributed by atoms with E-state index in [1.54, 1.807) is 0 Å². The minimum Gasteiger partial charge on any atom is -0.374 e. The van der Waals surface area contributed by atoms with E-state index in [0.29, 0.717) is 13.2 Å². The van der Waals surface area contributed by atoms with Crippen LogP contribution in [0.1, 0.15) is 20.8 Å². The summed E-state index contributed by atoms with van der Waals surface area (Å²) in [6, 6.07) is 0. The number of ether oxygens (including phenoxy) is 3. The highest BCUT2D eigenvalue weighted by atomic mass is 16.8. The molecule has 1 aliphatic carbocycles. The molecule has 3 heteroatoms. The molecule has 1 heterocycles. The van der Waals surface area contributed by atoms with Crippen molar-refractivity contribution in [2.45, 2.75) is 38.3 Å². The van der Waals surface area contributed by atoms with Crippen molar-refractivity contribution in [3.8, 4) is 0 Å². The van der Waals surface area contributed by atoms with E-state index < -0.39 is 11.4 Å². The summed E-state index contributed by atoms with van der Waals surface area (Å²) in [6.45, 7) is 6.95. The summed E-state index contributed by atoms with van der Waals surface area (Å²) in [6.07, 6.45) is 11.9. The van der Waals surface area contributed by atoms with Crippen molar-refractivity contribution in [2.75, 3.05) is 13.2 Å². The predicted molar refractivity (Wildman–Crippen MR) is 66.7 cm³/mol. The molecule has 0 bridgehead atoms. The molecule has 17 heavy (non-hydrogen) atoms. The molecule has 0 N–H and O–H groups in total. The van der Waals surface area contributed by atoms with E-state index in [4.69, 9.17) is 14.2 Å². The van der Waals surface area contributed by atoms with E-state index in [1.165, 1.54) is 0 Å². The third kappa shape index (κ3) is 2.68. The van der Waals surface area contributed by atoms with Crippen molar-refractivity contribution in [1.29, 1.82) is 0 Å². The molecule has 0 aromatic heterocycles. The second-order valence-corrected chi connectivity index (χ2v) is 4.82. The van der Waals surface area contributed by atoms with Gasteiger partial charge in [-0.1, -0.05) is 30.4 Å². The first-order valence-corrected chi connectivity index (χ1v) is 6.01. The summed E-state index contributed by atoms with van der Waals surface area (Å²) in [4.78, 5) is 0. The van der Waals surface area contributed by atoms with Crippen LogP contribution in [0.3, 0.4) is 0 Å². The molecular weight excluding hydrogens is 216 g/mol. The Morgan fingerprint density at radius 2 is 2.18 bits per heavy atom. The van der Waals surface area contributed by atoms with Gasteiger partial charge in [-0.2, -0.15) is 0 Å². The smallest absolute Gasteiger partial charge is 0.165 e. The van der Waals surface area contributed by atoms with Crippen LogP contribution in [0.2, 0.25) is 0 Å². The number of fused-ring (bicyclic) bond motifs is 1. The van der Waals surface area contributed by atoms with Gasteiger partial charge in [0.05, 0.1) is 13.2 Å². The molecule has 2 aliphatic rings. The fraction of sp³-hybridized carbons (Fsp3) is 0.571. The maximum Gasteiger partial charge on any atom is 0.165 e. The largest absolute Gasteiger partial charge is 0.374 e. The minimum absolute atomic E-state index is 0.0619. The highest BCUT2D eigenvalue weighted by Crippen LogP contribution is 2.40. The van der Waals surface area contributed by atoms with Crippen molar-refractivity contribution in [3.63, 3.8) is 0 Å². The SMILES string of the molecule is CC=CCOC[C@]12C=CC=C[C@H]1OC(C)(C)O2. The van der Waals surface area contributed by atoms with Gasteiger partial charge in [0, 0.05) is 0 Å². The Balaban J connectivity index is 2.05. The van der Waals surface area contributed by atoms with Crippen LogP contribution in [0.25, 0.3) is 0 Å². The van der Waals surface area contributed by atoms with Gasteiger partial charge in [-0.05, 0) is 26.8 Å². The summed E-state index contributed by atoms with van der Waals surface area (Å²) in [7, 11) is 0. The van der Waals surface area contributed by atoms with Crippen LogP contribution < -0.4 is 0 Å². The topological polar surface area (TPSA) is 27.7 Å². The molecule has 1 fully saturated rings. The van der Waals surface area contributed by atoms with E-state index in [2.05, 4.69) is 0 Å². The van der Waals surface area contributed by atoms with Gasteiger partial charge < -0.3 is 14.2 Å². The zero-order valence-corrected chi connectivity index (χ0v) is 10.7. The quantitative estimate of drug-likeness (QED) is 0.554. The summed E-state index contributed by atoms with van der Waals surface area (Å²) in [5.41, 5.74) is -0.472. The lowest BCUT2D eigenvalue weighted by Crippen LogP contribution is -2.43. The van der Waals surface area contributed by atoms with Crippen molar-refractivity contribution >= 4 is 0 Å². The average molecular weight is 236 g/mol. The van der Waals surface area contributed by atoms with Gasteiger partial charge in [-0.25, -0.2) is 0 Å². The molecule has 0 saturated carbocycles. The van der Waals surface area contributed by atoms with Gasteiger partial charge in [0.15, 0.2) is 5.79 Å². The third-order valence-corrected chi connectivity index (χ3v) is 2.88. The average Bonchev–Trinajstić information content (AvgIpc) is 2.55. The van der Waals surface area contributed by atoms with E-state index in [1.807, 2.05) is 57.2 Å². The van der Waals surface area contributed by atoms with E-state index in [-0.39, 0.29) is 6.10 Å². The molecule has 94 valence electrons. The minimum atomic E-state index is -0.562. The van der Waals surface area contributed by atoms with Gasteiger partial charge in [-0.15, -0.1) is 0 Å². The number of allylic oxidation sites excluding steroid dienone is 3. The summed E-state index contributed by atoms with van der Waals surface area (Å²) >= 11 is 0. The Hall–Kier alpha value is -0.900. The second kappa shape index (κ2) is 4.77. The van der Waals surface area contributed by atoms with Crippen LogP contribution in [0.5, 0.6) is 0 Å². The summed E-state index contributed by atoms with van der Waals surface area (Å²) in [5, 5.41) is 0. The van der Waals surface area contributed by atoms with E-state index >= 15 is 0 Å². The number of hydrogen-bond acceptors (Lipinski definition) is 3. The molecular formula is C14H20O3. The highest BCUT2D eigenvalue weighted by molar-refractivity contribution is 5.26. The molecule has 0 unspecified atom stereocenters.